The highest BCUT2D eigenvalue weighted by molar-refractivity contribution is 6.31. The van der Waals surface area contributed by atoms with Crippen LogP contribution in [-0.2, 0) is 6.42 Å². The topological polar surface area (TPSA) is 26.0 Å². The Morgan fingerprint density at radius 1 is 1.33 bits per heavy atom. The summed E-state index contributed by atoms with van der Waals surface area (Å²) in [5, 5.41) is 0.411. The number of nitrogens with zero attached hydrogens (tertiary/aromatic N) is 1. The van der Waals surface area contributed by atoms with Crippen LogP contribution in [0.4, 0.5) is 13.2 Å². The van der Waals surface area contributed by atoms with Gasteiger partial charge in [-0.2, -0.15) is 13.2 Å². The molecule has 0 saturated carbocycles. The van der Waals surface area contributed by atoms with Crippen LogP contribution in [0.5, 0.6) is 0 Å². The Hall–Kier alpha value is -1.23. The summed E-state index contributed by atoms with van der Waals surface area (Å²) in [5.41, 5.74) is 0.639. The Balaban J connectivity index is 2.39. The second-order valence-corrected chi connectivity index (χ2v) is 3.45. The van der Waals surface area contributed by atoms with Gasteiger partial charge in [0, 0.05) is 5.02 Å². The summed E-state index contributed by atoms with van der Waals surface area (Å²) in [6.07, 6.45) is -5.48. The van der Waals surface area contributed by atoms with Gasteiger partial charge in [-0.3, -0.25) is 0 Å². The highest BCUT2D eigenvalue weighted by Crippen LogP contribution is 2.25. The smallest absolute Gasteiger partial charge is 0.397 e. The molecule has 0 N–H and O–H groups in total. The SMILES string of the molecule is FC(F)(F)Cc1nc2cc(Cl)ccc2o1. The van der Waals surface area contributed by atoms with Crippen molar-refractivity contribution < 1.29 is 17.6 Å². The van der Waals surface area contributed by atoms with Crippen molar-refractivity contribution in [1.29, 1.82) is 0 Å². The number of fused-ring (bicyclic) bond motifs is 1. The van der Waals surface area contributed by atoms with E-state index in [4.69, 9.17) is 16.0 Å². The van der Waals surface area contributed by atoms with Gasteiger partial charge in [-0.25, -0.2) is 4.98 Å². The van der Waals surface area contributed by atoms with Gasteiger partial charge in [0.05, 0.1) is 0 Å². The first-order chi connectivity index (χ1) is 6.94. The first-order valence-corrected chi connectivity index (χ1v) is 4.43. The van der Waals surface area contributed by atoms with Gasteiger partial charge in [0.2, 0.25) is 5.89 Å². The standard InChI is InChI=1S/C9H5ClF3NO/c10-5-1-2-7-6(3-5)14-8(15-7)4-9(11,12)13/h1-3H,4H2. The van der Waals surface area contributed by atoms with E-state index in [-0.39, 0.29) is 5.89 Å². The summed E-state index contributed by atoms with van der Waals surface area (Å²) < 4.78 is 41.0. The van der Waals surface area contributed by atoms with Gasteiger partial charge in [0.25, 0.3) is 0 Å². The third-order valence-electron chi connectivity index (χ3n) is 1.75. The van der Waals surface area contributed by atoms with Crippen LogP contribution in [0.15, 0.2) is 22.6 Å². The molecule has 0 aliphatic carbocycles. The Morgan fingerprint density at radius 2 is 2.07 bits per heavy atom. The molecule has 0 aliphatic rings. The first kappa shape index (κ1) is 10.3. The Labute approximate surface area is 87.7 Å². The van der Waals surface area contributed by atoms with E-state index in [1.165, 1.54) is 18.2 Å². The zero-order valence-electron chi connectivity index (χ0n) is 7.31. The summed E-state index contributed by atoms with van der Waals surface area (Å²) in [7, 11) is 0. The Bertz CT molecular complexity index is 492. The molecule has 0 amide bonds. The van der Waals surface area contributed by atoms with Crippen molar-refractivity contribution in [3.05, 3.63) is 29.1 Å². The van der Waals surface area contributed by atoms with Crippen LogP contribution in [0, 0.1) is 0 Å². The molecule has 1 aromatic carbocycles. The quantitative estimate of drug-likeness (QED) is 0.755. The van der Waals surface area contributed by atoms with Crippen LogP contribution in [-0.4, -0.2) is 11.2 Å². The van der Waals surface area contributed by atoms with Crippen LogP contribution >= 0.6 is 11.6 Å². The molecule has 0 radical (unpaired) electrons. The van der Waals surface area contributed by atoms with Crippen LogP contribution < -0.4 is 0 Å². The third-order valence-corrected chi connectivity index (χ3v) is 1.98. The molecule has 2 nitrogen and oxygen atoms in total. The van der Waals surface area contributed by atoms with E-state index in [0.29, 0.717) is 16.1 Å². The molecule has 1 heterocycles. The summed E-state index contributed by atoms with van der Waals surface area (Å²) >= 11 is 5.66. The molecule has 0 spiro atoms. The minimum absolute atomic E-state index is 0.304. The van der Waals surface area contributed by atoms with Crippen molar-refractivity contribution in [2.45, 2.75) is 12.6 Å². The lowest BCUT2D eigenvalue weighted by molar-refractivity contribution is -0.130. The lowest BCUT2D eigenvalue weighted by Crippen LogP contribution is -2.11. The van der Waals surface area contributed by atoms with E-state index < -0.39 is 12.6 Å². The number of alkyl halides is 3. The maximum atomic E-state index is 12.0. The molecule has 2 rings (SSSR count). The van der Waals surface area contributed by atoms with Crippen molar-refractivity contribution in [2.75, 3.05) is 0 Å². The van der Waals surface area contributed by atoms with E-state index in [9.17, 15) is 13.2 Å². The highest BCUT2D eigenvalue weighted by atomic mass is 35.5. The van der Waals surface area contributed by atoms with Crippen molar-refractivity contribution >= 4 is 22.7 Å². The summed E-state index contributed by atoms with van der Waals surface area (Å²) in [6.45, 7) is 0. The molecular formula is C9H5ClF3NO. The zero-order valence-corrected chi connectivity index (χ0v) is 8.06. The van der Waals surface area contributed by atoms with Crippen LogP contribution in [0.25, 0.3) is 11.1 Å². The Kier molecular flexibility index (Phi) is 2.34. The molecule has 0 saturated heterocycles. The second kappa shape index (κ2) is 3.41. The average molecular weight is 236 g/mol. The van der Waals surface area contributed by atoms with E-state index in [1.807, 2.05) is 0 Å². The monoisotopic (exact) mass is 235 g/mol. The van der Waals surface area contributed by atoms with E-state index in [0.717, 1.165) is 0 Å². The molecule has 0 atom stereocenters. The number of hydrogen-bond donors (Lipinski definition) is 0. The van der Waals surface area contributed by atoms with Gasteiger partial charge in [-0.05, 0) is 18.2 Å². The normalized spacial score (nSPS) is 12.3. The lowest BCUT2D eigenvalue weighted by Gasteiger charge is -2.00. The molecule has 0 fully saturated rings. The van der Waals surface area contributed by atoms with Gasteiger partial charge in [-0.15, -0.1) is 0 Å². The largest absolute Gasteiger partial charge is 0.440 e. The number of oxazole rings is 1. The number of aromatic nitrogens is 1. The maximum absolute atomic E-state index is 12.0. The van der Waals surface area contributed by atoms with Crippen molar-refractivity contribution in [3.63, 3.8) is 0 Å². The minimum atomic E-state index is -4.31. The Morgan fingerprint density at radius 3 is 2.73 bits per heavy atom. The third kappa shape index (κ3) is 2.41. The number of rotatable bonds is 1. The van der Waals surface area contributed by atoms with E-state index in [1.54, 1.807) is 0 Å². The molecule has 0 bridgehead atoms. The first-order valence-electron chi connectivity index (χ1n) is 4.06. The highest BCUT2D eigenvalue weighted by Gasteiger charge is 2.30. The fraction of sp³-hybridized carbons (Fsp3) is 0.222. The fourth-order valence-electron chi connectivity index (χ4n) is 1.20. The van der Waals surface area contributed by atoms with Gasteiger partial charge in [0.1, 0.15) is 11.9 Å². The molecule has 0 aliphatic heterocycles. The van der Waals surface area contributed by atoms with Crippen molar-refractivity contribution in [3.8, 4) is 0 Å². The lowest BCUT2D eigenvalue weighted by atomic mass is 10.3. The van der Waals surface area contributed by atoms with Crippen LogP contribution in [0.1, 0.15) is 5.89 Å². The van der Waals surface area contributed by atoms with Gasteiger partial charge < -0.3 is 4.42 Å². The molecule has 15 heavy (non-hydrogen) atoms. The van der Waals surface area contributed by atoms with Crippen molar-refractivity contribution in [2.24, 2.45) is 0 Å². The molecule has 1 aromatic heterocycles. The second-order valence-electron chi connectivity index (χ2n) is 3.01. The van der Waals surface area contributed by atoms with E-state index >= 15 is 0 Å². The number of hydrogen-bond acceptors (Lipinski definition) is 2. The summed E-state index contributed by atoms with van der Waals surface area (Å²) in [4.78, 5) is 3.69. The van der Waals surface area contributed by atoms with Crippen LogP contribution in [0.3, 0.4) is 0 Å². The van der Waals surface area contributed by atoms with Gasteiger partial charge >= 0.3 is 6.18 Å². The number of benzene rings is 1. The number of halogens is 4. The minimum Gasteiger partial charge on any atom is -0.440 e. The molecule has 80 valence electrons. The predicted molar refractivity (Wildman–Crippen MR) is 48.8 cm³/mol. The maximum Gasteiger partial charge on any atom is 0.397 e. The summed E-state index contributed by atoms with van der Waals surface area (Å²) in [6, 6.07) is 4.48. The van der Waals surface area contributed by atoms with Gasteiger partial charge in [-0.1, -0.05) is 11.6 Å². The van der Waals surface area contributed by atoms with Crippen LogP contribution in [0.2, 0.25) is 5.02 Å². The molecule has 0 unspecified atom stereocenters. The predicted octanol–water partition coefficient (Wildman–Crippen LogP) is 3.59. The zero-order chi connectivity index (χ0) is 11.1. The fourth-order valence-corrected chi connectivity index (χ4v) is 1.36. The summed E-state index contributed by atoms with van der Waals surface area (Å²) in [5.74, 6) is -0.347. The molecule has 6 heteroatoms. The molecular weight excluding hydrogens is 231 g/mol. The van der Waals surface area contributed by atoms with Crippen molar-refractivity contribution in [1.82, 2.24) is 4.98 Å². The van der Waals surface area contributed by atoms with E-state index in [2.05, 4.69) is 4.98 Å². The van der Waals surface area contributed by atoms with Gasteiger partial charge in [0.15, 0.2) is 5.58 Å². The average Bonchev–Trinajstić information content (AvgIpc) is 2.42. The molecule has 2 aromatic rings.